The zero-order valence-corrected chi connectivity index (χ0v) is 18.1. The van der Waals surface area contributed by atoms with E-state index in [9.17, 15) is 14.7 Å². The molecule has 0 unspecified atom stereocenters. The van der Waals surface area contributed by atoms with Crippen LogP contribution >= 0.6 is 11.6 Å². The molecule has 0 radical (unpaired) electrons. The van der Waals surface area contributed by atoms with Crippen LogP contribution in [-0.4, -0.2) is 63.4 Å². The average molecular weight is 424 g/mol. The zero-order valence-electron chi connectivity index (χ0n) is 17.4. The third-order valence-electron chi connectivity index (χ3n) is 5.58. The molecule has 2 amide bonds. The van der Waals surface area contributed by atoms with Crippen LogP contribution in [0.4, 0.5) is 9.59 Å². The molecule has 1 aliphatic heterocycles. The largest absolute Gasteiger partial charge is 0.465 e. The van der Waals surface area contributed by atoms with E-state index < -0.39 is 11.7 Å². The quantitative estimate of drug-likeness (QED) is 0.708. The fourth-order valence-corrected chi connectivity index (χ4v) is 4.04. The first-order valence-corrected chi connectivity index (χ1v) is 10.5. The van der Waals surface area contributed by atoms with Gasteiger partial charge in [0.1, 0.15) is 10.8 Å². The molecule has 2 aliphatic rings. The Balaban J connectivity index is 1.74. The van der Waals surface area contributed by atoms with Crippen molar-refractivity contribution in [3.63, 3.8) is 0 Å². The fraction of sp³-hybridized carbons (Fsp3) is 0.667. The van der Waals surface area contributed by atoms with Crippen LogP contribution in [0.3, 0.4) is 0 Å². The molecule has 0 atom stereocenters. The number of likely N-dealkylation sites (tertiary alicyclic amines) is 1. The minimum atomic E-state index is -0.865. The first-order valence-electron chi connectivity index (χ1n) is 10.1. The number of hydrogen-bond acceptors (Lipinski definition) is 4. The van der Waals surface area contributed by atoms with Gasteiger partial charge in [-0.3, -0.25) is 0 Å². The summed E-state index contributed by atoms with van der Waals surface area (Å²) >= 11 is 5.92. The molecule has 0 aromatic carbocycles. The molecular weight excluding hydrogens is 394 g/mol. The Morgan fingerprint density at radius 2 is 1.97 bits per heavy atom. The molecule has 2 fully saturated rings. The number of amides is 2. The van der Waals surface area contributed by atoms with Gasteiger partial charge in [0.2, 0.25) is 0 Å². The molecule has 1 saturated heterocycles. The third kappa shape index (κ3) is 5.98. The van der Waals surface area contributed by atoms with Crippen molar-refractivity contribution in [2.75, 3.05) is 19.6 Å². The molecule has 0 spiro atoms. The summed E-state index contributed by atoms with van der Waals surface area (Å²) in [5, 5.41) is 10.1. The van der Waals surface area contributed by atoms with E-state index in [2.05, 4.69) is 4.98 Å². The van der Waals surface area contributed by atoms with Crippen molar-refractivity contribution in [2.45, 2.75) is 64.5 Å². The zero-order chi connectivity index (χ0) is 21.2. The molecule has 1 saturated carbocycles. The van der Waals surface area contributed by atoms with E-state index in [0.717, 1.165) is 18.4 Å². The summed E-state index contributed by atoms with van der Waals surface area (Å²) in [7, 11) is 0. The van der Waals surface area contributed by atoms with Gasteiger partial charge < -0.3 is 19.6 Å². The highest BCUT2D eigenvalue weighted by Gasteiger charge is 2.43. The maximum absolute atomic E-state index is 12.4. The van der Waals surface area contributed by atoms with Crippen LogP contribution in [-0.2, 0) is 11.2 Å². The van der Waals surface area contributed by atoms with Crippen molar-refractivity contribution in [3.05, 3.63) is 29.0 Å². The van der Waals surface area contributed by atoms with Gasteiger partial charge in [-0.15, -0.1) is 0 Å². The smallest absolute Gasteiger partial charge is 0.410 e. The number of hydrogen-bond donors (Lipinski definition) is 1. The summed E-state index contributed by atoms with van der Waals surface area (Å²) in [6.45, 7) is 7.13. The topological polar surface area (TPSA) is 83.0 Å². The summed E-state index contributed by atoms with van der Waals surface area (Å²) in [6.07, 6.45) is 4.57. The Morgan fingerprint density at radius 3 is 2.45 bits per heavy atom. The van der Waals surface area contributed by atoms with Gasteiger partial charge in [-0.2, -0.15) is 0 Å². The van der Waals surface area contributed by atoms with Crippen LogP contribution < -0.4 is 0 Å². The third-order valence-corrected chi connectivity index (χ3v) is 5.81. The summed E-state index contributed by atoms with van der Waals surface area (Å²) in [5.74, 6) is 0. The minimum Gasteiger partial charge on any atom is -0.465 e. The second kappa shape index (κ2) is 8.38. The second-order valence-corrected chi connectivity index (χ2v) is 9.66. The molecule has 2 heterocycles. The SMILES string of the molecule is CC(C)(C)OC(=O)N1CCC(Cc2ccc(Cl)nc2)(CN(C(=O)O)C2CC2)CC1. The minimum absolute atomic E-state index is 0.122. The number of piperidine rings is 1. The lowest BCUT2D eigenvalue weighted by molar-refractivity contribution is 0.00427. The average Bonchev–Trinajstić information content (AvgIpc) is 3.46. The number of carbonyl (C=O) groups is 2. The Labute approximate surface area is 177 Å². The molecule has 0 bridgehead atoms. The first kappa shape index (κ1) is 21.7. The molecule has 29 heavy (non-hydrogen) atoms. The van der Waals surface area contributed by atoms with Crippen molar-refractivity contribution >= 4 is 23.8 Å². The van der Waals surface area contributed by atoms with Gasteiger partial charge in [-0.05, 0) is 69.9 Å². The van der Waals surface area contributed by atoms with Gasteiger partial charge >= 0.3 is 12.2 Å². The predicted octanol–water partition coefficient (Wildman–Crippen LogP) is 4.44. The highest BCUT2D eigenvalue weighted by molar-refractivity contribution is 6.29. The van der Waals surface area contributed by atoms with Crippen LogP contribution in [0, 0.1) is 5.41 Å². The van der Waals surface area contributed by atoms with E-state index in [0.29, 0.717) is 44.0 Å². The number of carboxylic acid groups (broad SMARTS) is 1. The van der Waals surface area contributed by atoms with Gasteiger partial charge in [0.25, 0.3) is 0 Å². The number of aromatic nitrogens is 1. The Kier molecular flexibility index (Phi) is 6.27. The monoisotopic (exact) mass is 423 g/mol. The van der Waals surface area contributed by atoms with Crippen LogP contribution in [0.2, 0.25) is 5.15 Å². The molecule has 1 aromatic rings. The van der Waals surface area contributed by atoms with Crippen LogP contribution in [0.15, 0.2) is 18.3 Å². The predicted molar refractivity (Wildman–Crippen MR) is 110 cm³/mol. The lowest BCUT2D eigenvalue weighted by atomic mass is 9.73. The summed E-state index contributed by atoms with van der Waals surface area (Å²) in [6, 6.07) is 3.83. The van der Waals surface area contributed by atoms with Gasteiger partial charge in [0.15, 0.2) is 0 Å². The number of rotatable bonds is 5. The van der Waals surface area contributed by atoms with Crippen LogP contribution in [0.1, 0.15) is 52.0 Å². The molecule has 1 aromatic heterocycles. The summed E-state index contributed by atoms with van der Waals surface area (Å²) < 4.78 is 5.50. The van der Waals surface area contributed by atoms with Gasteiger partial charge in [-0.25, -0.2) is 14.6 Å². The summed E-state index contributed by atoms with van der Waals surface area (Å²) in [4.78, 5) is 31.8. The van der Waals surface area contributed by atoms with Crippen LogP contribution in [0.5, 0.6) is 0 Å². The molecule has 8 heteroatoms. The van der Waals surface area contributed by atoms with Gasteiger partial charge in [-0.1, -0.05) is 17.7 Å². The van der Waals surface area contributed by atoms with Crippen molar-refractivity contribution in [1.82, 2.24) is 14.8 Å². The summed E-state index contributed by atoms with van der Waals surface area (Å²) in [5.41, 5.74) is 0.253. The maximum Gasteiger partial charge on any atom is 0.410 e. The molecular formula is C21H30ClN3O4. The standard InChI is InChI=1S/C21H30ClN3O4/c1-20(2,3)29-19(28)24-10-8-21(9-11-24,12-15-4-7-17(22)23-13-15)14-25(18(26)27)16-5-6-16/h4,7,13,16H,5-6,8-12,14H2,1-3H3,(H,26,27). The van der Waals surface area contributed by atoms with E-state index in [4.69, 9.17) is 16.3 Å². The van der Waals surface area contributed by atoms with Crippen molar-refractivity contribution < 1.29 is 19.4 Å². The lowest BCUT2D eigenvalue weighted by Gasteiger charge is -2.44. The fourth-order valence-electron chi connectivity index (χ4n) is 3.93. The number of ether oxygens (including phenoxy) is 1. The maximum atomic E-state index is 12.4. The van der Waals surface area contributed by atoms with Crippen LogP contribution in [0.25, 0.3) is 0 Å². The van der Waals surface area contributed by atoms with E-state index in [1.807, 2.05) is 26.8 Å². The Morgan fingerprint density at radius 1 is 1.31 bits per heavy atom. The van der Waals surface area contributed by atoms with E-state index >= 15 is 0 Å². The first-order chi connectivity index (χ1) is 13.6. The normalized spacial score (nSPS) is 19.0. The highest BCUT2D eigenvalue weighted by Crippen LogP contribution is 2.39. The number of pyridine rings is 1. The van der Waals surface area contributed by atoms with E-state index in [1.54, 1.807) is 22.1 Å². The lowest BCUT2D eigenvalue weighted by Crippen LogP contribution is -2.51. The molecule has 7 nitrogen and oxygen atoms in total. The molecule has 160 valence electrons. The number of nitrogens with zero attached hydrogens (tertiary/aromatic N) is 3. The van der Waals surface area contributed by atoms with Crippen molar-refractivity contribution in [2.24, 2.45) is 5.41 Å². The molecule has 3 rings (SSSR count). The van der Waals surface area contributed by atoms with E-state index in [-0.39, 0.29) is 17.6 Å². The molecule has 1 aliphatic carbocycles. The van der Waals surface area contributed by atoms with Gasteiger partial charge in [0.05, 0.1) is 0 Å². The number of carbonyl (C=O) groups excluding carboxylic acids is 1. The van der Waals surface area contributed by atoms with Gasteiger partial charge in [0, 0.05) is 31.9 Å². The Hall–Kier alpha value is -2.02. The second-order valence-electron chi connectivity index (χ2n) is 9.27. The highest BCUT2D eigenvalue weighted by atomic mass is 35.5. The van der Waals surface area contributed by atoms with E-state index in [1.165, 1.54) is 0 Å². The Bertz CT molecular complexity index is 735. The molecule has 1 N–H and O–H groups in total. The number of halogens is 1. The van der Waals surface area contributed by atoms with Crippen molar-refractivity contribution in [3.8, 4) is 0 Å². The van der Waals surface area contributed by atoms with Crippen molar-refractivity contribution in [1.29, 1.82) is 0 Å².